The van der Waals surface area contributed by atoms with E-state index in [1.54, 1.807) is 6.08 Å². The van der Waals surface area contributed by atoms with Gasteiger partial charge in [-0.25, -0.2) is 0 Å². The molecule has 0 unspecified atom stereocenters. The molecule has 0 amide bonds. The molecule has 0 atom stereocenters. The summed E-state index contributed by atoms with van der Waals surface area (Å²) >= 11 is 5.23. The summed E-state index contributed by atoms with van der Waals surface area (Å²) in [6.45, 7) is 3.47. The molecule has 0 fully saturated rings. The van der Waals surface area contributed by atoms with Crippen molar-refractivity contribution in [3.05, 3.63) is 43.0 Å². The van der Waals surface area contributed by atoms with Gasteiger partial charge in [0.15, 0.2) is 0 Å². The minimum Gasteiger partial charge on any atom is -0.333 e. The van der Waals surface area contributed by atoms with E-state index < -0.39 is 0 Å². The van der Waals surface area contributed by atoms with Crippen LogP contribution in [0.15, 0.2) is 43.0 Å². The summed E-state index contributed by atoms with van der Waals surface area (Å²) in [5, 5.41) is 1.46. The summed E-state index contributed by atoms with van der Waals surface area (Å²) in [5.41, 5.74) is 5.42. The Bertz CT molecular complexity index is 226. The van der Waals surface area contributed by atoms with Gasteiger partial charge >= 0.3 is 0 Å². The van der Waals surface area contributed by atoms with E-state index in [0.717, 1.165) is 12.6 Å². The van der Waals surface area contributed by atoms with Crippen LogP contribution >= 0.6 is 11.6 Å². The zero-order valence-corrected chi connectivity index (χ0v) is 10.6. The minimum atomic E-state index is -0.123. The molecule has 14 heavy (non-hydrogen) atoms. The van der Waals surface area contributed by atoms with Crippen LogP contribution in [0.1, 0.15) is 6.42 Å². The molecule has 1 nitrogen and oxygen atoms in total. The highest BCUT2D eigenvalue weighted by Gasteiger charge is 1.85. The first-order valence-electron chi connectivity index (χ1n) is 4.76. The third kappa shape index (κ3) is 8.04. The van der Waals surface area contributed by atoms with E-state index in [2.05, 4.69) is 30.8 Å². The van der Waals surface area contributed by atoms with Crippen molar-refractivity contribution in [3.63, 3.8) is 0 Å². The molecule has 1 aromatic carbocycles. The zero-order chi connectivity index (χ0) is 10.6. The van der Waals surface area contributed by atoms with Crippen LogP contribution < -0.4 is 10.9 Å². The molecule has 0 bridgehead atoms. The summed E-state index contributed by atoms with van der Waals surface area (Å²) in [6.07, 6.45) is 3.60. The van der Waals surface area contributed by atoms with Gasteiger partial charge in [-0.3, -0.25) is 0 Å². The SMILES string of the molecule is C=CCCCl.NC[SiH2]c1ccccc1. The first-order valence-corrected chi connectivity index (χ1v) is 7.00. The average Bonchev–Trinajstić information content (AvgIpc) is 2.22. The van der Waals surface area contributed by atoms with E-state index in [-0.39, 0.29) is 9.52 Å². The lowest BCUT2D eigenvalue weighted by molar-refractivity contribution is 1.24. The maximum absolute atomic E-state index is 5.42. The number of halogens is 1. The molecular formula is C11H18ClNSi. The summed E-state index contributed by atoms with van der Waals surface area (Å²) < 4.78 is 0. The van der Waals surface area contributed by atoms with E-state index in [0.29, 0.717) is 5.88 Å². The van der Waals surface area contributed by atoms with Crippen molar-refractivity contribution in [2.75, 3.05) is 12.0 Å². The highest BCUT2D eigenvalue weighted by atomic mass is 35.5. The molecule has 1 aromatic rings. The van der Waals surface area contributed by atoms with E-state index in [1.165, 1.54) is 5.19 Å². The van der Waals surface area contributed by atoms with Gasteiger partial charge in [-0.15, -0.1) is 18.2 Å². The van der Waals surface area contributed by atoms with Crippen LogP contribution in [0.2, 0.25) is 0 Å². The fourth-order valence-electron chi connectivity index (χ4n) is 0.888. The molecule has 0 saturated heterocycles. The Kier molecular flexibility index (Phi) is 10.1. The monoisotopic (exact) mass is 227 g/mol. The van der Waals surface area contributed by atoms with Gasteiger partial charge in [0.25, 0.3) is 0 Å². The summed E-state index contributed by atoms with van der Waals surface area (Å²) in [6, 6.07) is 10.5. The fourth-order valence-corrected chi connectivity index (χ4v) is 1.98. The molecule has 3 heteroatoms. The van der Waals surface area contributed by atoms with Crippen LogP contribution in [0, 0.1) is 0 Å². The summed E-state index contributed by atoms with van der Waals surface area (Å²) in [5.74, 6) is 0.698. The Labute approximate surface area is 93.8 Å². The van der Waals surface area contributed by atoms with Gasteiger partial charge in [-0.2, -0.15) is 0 Å². The van der Waals surface area contributed by atoms with Crippen LogP contribution in [0.4, 0.5) is 0 Å². The average molecular weight is 228 g/mol. The second-order valence-corrected chi connectivity index (χ2v) is 5.06. The van der Waals surface area contributed by atoms with Gasteiger partial charge in [0.1, 0.15) is 0 Å². The molecule has 0 aromatic heterocycles. The lowest BCUT2D eigenvalue weighted by Gasteiger charge is -1.93. The Morgan fingerprint density at radius 1 is 1.36 bits per heavy atom. The summed E-state index contributed by atoms with van der Waals surface area (Å²) in [7, 11) is -0.123. The maximum Gasteiger partial charge on any atom is 0.0697 e. The van der Waals surface area contributed by atoms with Crippen molar-refractivity contribution in [1.29, 1.82) is 0 Å². The van der Waals surface area contributed by atoms with Crippen molar-refractivity contribution in [2.24, 2.45) is 5.73 Å². The number of alkyl halides is 1. The van der Waals surface area contributed by atoms with Gasteiger partial charge in [-0.05, 0) is 12.6 Å². The Morgan fingerprint density at radius 3 is 2.36 bits per heavy atom. The van der Waals surface area contributed by atoms with Gasteiger partial charge < -0.3 is 5.73 Å². The highest BCUT2D eigenvalue weighted by molar-refractivity contribution is 6.53. The van der Waals surface area contributed by atoms with Gasteiger partial charge in [-0.1, -0.05) is 41.6 Å². The smallest absolute Gasteiger partial charge is 0.0697 e. The molecular weight excluding hydrogens is 210 g/mol. The molecule has 0 saturated carbocycles. The summed E-state index contributed by atoms with van der Waals surface area (Å²) in [4.78, 5) is 0. The van der Waals surface area contributed by atoms with Crippen LogP contribution in [0.3, 0.4) is 0 Å². The molecule has 78 valence electrons. The molecule has 0 heterocycles. The predicted molar refractivity (Wildman–Crippen MR) is 69.2 cm³/mol. The topological polar surface area (TPSA) is 26.0 Å². The number of hydrogen-bond acceptors (Lipinski definition) is 1. The number of allylic oxidation sites excluding steroid dienone is 1. The largest absolute Gasteiger partial charge is 0.333 e. The minimum absolute atomic E-state index is 0.123. The van der Waals surface area contributed by atoms with Crippen molar-refractivity contribution < 1.29 is 0 Å². The van der Waals surface area contributed by atoms with Crippen LogP contribution in [-0.4, -0.2) is 21.6 Å². The van der Waals surface area contributed by atoms with Gasteiger partial charge in [0.2, 0.25) is 0 Å². The molecule has 0 radical (unpaired) electrons. The molecule has 0 aliphatic carbocycles. The molecule has 0 aliphatic rings. The molecule has 0 aliphatic heterocycles. The van der Waals surface area contributed by atoms with Crippen molar-refractivity contribution in [2.45, 2.75) is 6.42 Å². The fraction of sp³-hybridized carbons (Fsp3) is 0.273. The van der Waals surface area contributed by atoms with Gasteiger partial charge in [0.05, 0.1) is 9.52 Å². The highest BCUT2D eigenvalue weighted by Crippen LogP contribution is 1.80. The standard InChI is InChI=1S/C7H11NSi.C4H7Cl/c8-6-9-7-4-2-1-3-5-7;1-2-3-4-5/h1-5H,6,8-9H2;2H,1,3-4H2. The van der Waals surface area contributed by atoms with E-state index in [9.17, 15) is 0 Å². The van der Waals surface area contributed by atoms with Crippen molar-refractivity contribution in [3.8, 4) is 0 Å². The molecule has 1 rings (SSSR count). The van der Waals surface area contributed by atoms with E-state index in [1.807, 2.05) is 6.07 Å². The van der Waals surface area contributed by atoms with Crippen molar-refractivity contribution >= 4 is 26.3 Å². The van der Waals surface area contributed by atoms with E-state index >= 15 is 0 Å². The van der Waals surface area contributed by atoms with Crippen LogP contribution in [-0.2, 0) is 0 Å². The Balaban J connectivity index is 0.000000292. The third-order valence-corrected chi connectivity index (χ3v) is 3.14. The zero-order valence-electron chi connectivity index (χ0n) is 8.45. The molecule has 0 spiro atoms. The second-order valence-electron chi connectivity index (χ2n) is 2.79. The van der Waals surface area contributed by atoms with Crippen LogP contribution in [0.25, 0.3) is 0 Å². The first kappa shape index (κ1) is 13.4. The lowest BCUT2D eigenvalue weighted by atomic mass is 10.4. The quantitative estimate of drug-likeness (QED) is 0.467. The molecule has 2 N–H and O–H groups in total. The van der Waals surface area contributed by atoms with Crippen LogP contribution in [0.5, 0.6) is 0 Å². The Hall–Kier alpha value is -0.573. The first-order chi connectivity index (χ1) is 6.85. The number of rotatable bonds is 4. The van der Waals surface area contributed by atoms with Gasteiger partial charge in [0, 0.05) is 5.88 Å². The predicted octanol–water partition coefficient (Wildman–Crippen LogP) is 1.20. The number of benzene rings is 1. The second kappa shape index (κ2) is 10.5. The third-order valence-electron chi connectivity index (χ3n) is 1.59. The normalized spacial score (nSPS) is 9.57. The van der Waals surface area contributed by atoms with Crippen molar-refractivity contribution in [1.82, 2.24) is 0 Å². The number of hydrogen-bond donors (Lipinski definition) is 1. The Morgan fingerprint density at radius 2 is 2.00 bits per heavy atom. The van der Waals surface area contributed by atoms with E-state index in [4.69, 9.17) is 17.3 Å². The maximum atomic E-state index is 5.42. The lowest BCUT2D eigenvalue weighted by Crippen LogP contribution is -2.22. The number of nitrogens with two attached hydrogens (primary N) is 1.